The number of carbonyl (C=O) groups excluding carboxylic acids is 1. The van der Waals surface area contributed by atoms with E-state index in [1.165, 1.54) is 13.3 Å². The Morgan fingerprint density at radius 3 is 2.67 bits per heavy atom. The van der Waals surface area contributed by atoms with Crippen LogP contribution in [0.2, 0.25) is 0 Å². The van der Waals surface area contributed by atoms with Crippen LogP contribution in [0.25, 0.3) is 0 Å². The van der Waals surface area contributed by atoms with Crippen molar-refractivity contribution in [3.8, 4) is 0 Å². The third kappa shape index (κ3) is 5.26. The molecule has 1 saturated heterocycles. The van der Waals surface area contributed by atoms with Gasteiger partial charge in [-0.05, 0) is 64.2 Å². The van der Waals surface area contributed by atoms with Crippen LogP contribution in [0, 0.1) is 11.8 Å². The lowest BCUT2D eigenvalue weighted by atomic mass is 9.91. The van der Waals surface area contributed by atoms with Crippen LogP contribution in [0.1, 0.15) is 66.2 Å². The predicted molar refractivity (Wildman–Crippen MR) is 80.8 cm³/mol. The average Bonchev–Trinajstić information content (AvgIpc) is 2.68. The van der Waals surface area contributed by atoms with E-state index < -0.39 is 0 Å². The number of rotatable bonds is 5. The highest BCUT2D eigenvalue weighted by Crippen LogP contribution is 2.39. The minimum absolute atomic E-state index is 0.00794. The first-order valence-electron chi connectivity index (χ1n) is 8.32. The van der Waals surface area contributed by atoms with Crippen molar-refractivity contribution >= 4 is 5.97 Å². The van der Waals surface area contributed by atoms with Crippen LogP contribution in [0.3, 0.4) is 0 Å². The molecule has 21 heavy (non-hydrogen) atoms. The Kier molecular flexibility index (Phi) is 5.67. The zero-order valence-electron chi connectivity index (χ0n) is 13.9. The molecule has 4 heteroatoms. The highest BCUT2D eigenvalue weighted by Gasteiger charge is 2.37. The van der Waals surface area contributed by atoms with E-state index in [-0.39, 0.29) is 24.0 Å². The zero-order valence-corrected chi connectivity index (χ0v) is 13.9. The number of carbonyl (C=O) groups is 1. The van der Waals surface area contributed by atoms with Gasteiger partial charge >= 0.3 is 5.97 Å². The van der Waals surface area contributed by atoms with Crippen LogP contribution in [0.4, 0.5) is 0 Å². The molecule has 0 N–H and O–H groups in total. The molecule has 0 spiro atoms. The first-order valence-corrected chi connectivity index (χ1v) is 8.32. The van der Waals surface area contributed by atoms with E-state index in [1.54, 1.807) is 0 Å². The van der Waals surface area contributed by atoms with Gasteiger partial charge in [0.1, 0.15) is 5.60 Å². The van der Waals surface area contributed by atoms with Gasteiger partial charge in [0.25, 0.3) is 0 Å². The van der Waals surface area contributed by atoms with E-state index in [2.05, 4.69) is 6.92 Å². The lowest BCUT2D eigenvalue weighted by Crippen LogP contribution is -2.30. The minimum Gasteiger partial charge on any atom is -0.460 e. The number of hydrogen-bond donors (Lipinski definition) is 0. The van der Waals surface area contributed by atoms with Gasteiger partial charge in [-0.25, -0.2) is 0 Å². The smallest absolute Gasteiger partial charge is 0.303 e. The van der Waals surface area contributed by atoms with Crippen molar-refractivity contribution in [1.82, 2.24) is 0 Å². The van der Waals surface area contributed by atoms with Gasteiger partial charge in [0.15, 0.2) is 6.29 Å². The van der Waals surface area contributed by atoms with Gasteiger partial charge in [0.2, 0.25) is 0 Å². The van der Waals surface area contributed by atoms with Gasteiger partial charge in [0.05, 0.1) is 6.10 Å². The predicted octanol–water partition coefficient (Wildman–Crippen LogP) is 3.68. The SMILES string of the molecule is CC(=O)OC(C)(C)C[C@@H]1C[C@@H](C)[C@H](OC2CCCCO2)C1. The standard InChI is InChI=1S/C17H30O4/c1-12-9-14(11-17(3,4)21-13(2)18)10-15(12)20-16-7-5-6-8-19-16/h12,14-16H,5-11H2,1-4H3/t12-,14-,15-,16?/m1/s1. The maximum atomic E-state index is 11.2. The maximum Gasteiger partial charge on any atom is 0.303 e. The lowest BCUT2D eigenvalue weighted by molar-refractivity contribution is -0.193. The van der Waals surface area contributed by atoms with Crippen molar-refractivity contribution < 1.29 is 19.0 Å². The van der Waals surface area contributed by atoms with Gasteiger partial charge in [-0.2, -0.15) is 0 Å². The highest BCUT2D eigenvalue weighted by atomic mass is 16.7. The van der Waals surface area contributed by atoms with Gasteiger partial charge in [-0.15, -0.1) is 0 Å². The normalized spacial score (nSPS) is 33.9. The molecule has 122 valence electrons. The second kappa shape index (κ2) is 7.10. The zero-order chi connectivity index (χ0) is 15.5. The highest BCUT2D eigenvalue weighted by molar-refractivity contribution is 5.66. The van der Waals surface area contributed by atoms with E-state index in [9.17, 15) is 4.79 Å². The molecular weight excluding hydrogens is 268 g/mol. The molecule has 2 rings (SSSR count). The van der Waals surface area contributed by atoms with Gasteiger partial charge in [-0.1, -0.05) is 6.92 Å². The average molecular weight is 298 g/mol. The molecule has 1 saturated carbocycles. The van der Waals surface area contributed by atoms with Crippen LogP contribution in [-0.4, -0.2) is 30.6 Å². The Morgan fingerprint density at radius 1 is 1.29 bits per heavy atom. The van der Waals surface area contributed by atoms with Crippen LogP contribution < -0.4 is 0 Å². The molecular formula is C17H30O4. The fraction of sp³-hybridized carbons (Fsp3) is 0.941. The number of ether oxygens (including phenoxy) is 3. The third-order valence-electron chi connectivity index (χ3n) is 4.57. The summed E-state index contributed by atoms with van der Waals surface area (Å²) in [4.78, 5) is 11.2. The summed E-state index contributed by atoms with van der Waals surface area (Å²) in [5.41, 5.74) is -0.382. The molecule has 0 bridgehead atoms. The van der Waals surface area contributed by atoms with E-state index in [1.807, 2.05) is 13.8 Å². The molecule has 1 aliphatic carbocycles. The Bertz CT molecular complexity index is 347. The maximum absolute atomic E-state index is 11.2. The summed E-state index contributed by atoms with van der Waals surface area (Å²) >= 11 is 0. The van der Waals surface area contributed by atoms with Crippen molar-refractivity contribution in [3.63, 3.8) is 0 Å². The largest absolute Gasteiger partial charge is 0.460 e. The van der Waals surface area contributed by atoms with E-state index in [0.29, 0.717) is 11.8 Å². The van der Waals surface area contributed by atoms with Gasteiger partial charge in [-0.3, -0.25) is 4.79 Å². The molecule has 0 aromatic heterocycles. The summed E-state index contributed by atoms with van der Waals surface area (Å²) < 4.78 is 17.3. The number of hydrogen-bond acceptors (Lipinski definition) is 4. The summed E-state index contributed by atoms with van der Waals surface area (Å²) in [6.07, 6.45) is 6.74. The fourth-order valence-corrected chi connectivity index (χ4v) is 3.83. The van der Waals surface area contributed by atoms with Crippen molar-refractivity contribution in [2.24, 2.45) is 11.8 Å². The van der Waals surface area contributed by atoms with Crippen molar-refractivity contribution in [2.45, 2.75) is 84.2 Å². The van der Waals surface area contributed by atoms with E-state index >= 15 is 0 Å². The Hall–Kier alpha value is -0.610. The van der Waals surface area contributed by atoms with Gasteiger partial charge < -0.3 is 14.2 Å². The molecule has 4 nitrogen and oxygen atoms in total. The molecule has 1 aliphatic heterocycles. The van der Waals surface area contributed by atoms with Crippen LogP contribution >= 0.6 is 0 Å². The van der Waals surface area contributed by atoms with Gasteiger partial charge in [0, 0.05) is 13.5 Å². The monoisotopic (exact) mass is 298 g/mol. The molecule has 2 fully saturated rings. The van der Waals surface area contributed by atoms with Crippen molar-refractivity contribution in [3.05, 3.63) is 0 Å². The molecule has 0 aromatic carbocycles. The Labute approximate surface area is 128 Å². The molecule has 1 unspecified atom stereocenters. The summed E-state index contributed by atoms with van der Waals surface area (Å²) in [5, 5.41) is 0. The molecule has 1 heterocycles. The third-order valence-corrected chi connectivity index (χ3v) is 4.57. The first-order chi connectivity index (χ1) is 9.85. The molecule has 4 atom stereocenters. The fourth-order valence-electron chi connectivity index (χ4n) is 3.83. The van der Waals surface area contributed by atoms with Crippen molar-refractivity contribution in [2.75, 3.05) is 6.61 Å². The summed E-state index contributed by atoms with van der Waals surface area (Å²) in [5.74, 6) is 0.908. The molecule has 0 amide bonds. The molecule has 2 aliphatic rings. The second-order valence-corrected chi connectivity index (χ2v) is 7.34. The molecule has 0 aromatic rings. The van der Waals surface area contributed by atoms with Crippen LogP contribution in [0.15, 0.2) is 0 Å². The summed E-state index contributed by atoms with van der Waals surface area (Å²) in [7, 11) is 0. The Balaban J connectivity index is 1.81. The van der Waals surface area contributed by atoms with E-state index in [4.69, 9.17) is 14.2 Å². The molecule has 0 radical (unpaired) electrons. The summed E-state index contributed by atoms with van der Waals surface area (Å²) in [6, 6.07) is 0. The lowest BCUT2D eigenvalue weighted by Gasteiger charge is -2.28. The van der Waals surface area contributed by atoms with E-state index in [0.717, 1.165) is 38.7 Å². The quantitative estimate of drug-likeness (QED) is 0.726. The van der Waals surface area contributed by atoms with Crippen LogP contribution in [0.5, 0.6) is 0 Å². The Morgan fingerprint density at radius 2 is 2.05 bits per heavy atom. The van der Waals surface area contributed by atoms with Crippen molar-refractivity contribution in [1.29, 1.82) is 0 Å². The topological polar surface area (TPSA) is 44.8 Å². The minimum atomic E-state index is -0.382. The van der Waals surface area contributed by atoms with Crippen LogP contribution in [-0.2, 0) is 19.0 Å². The first kappa shape index (κ1) is 16.8. The summed E-state index contributed by atoms with van der Waals surface area (Å²) in [6.45, 7) is 8.56. The number of esters is 1. The second-order valence-electron chi connectivity index (χ2n) is 7.34.